The van der Waals surface area contributed by atoms with Crippen LogP contribution in [0.3, 0.4) is 0 Å². The van der Waals surface area contributed by atoms with Crippen molar-refractivity contribution >= 4 is 57.2 Å². The summed E-state index contributed by atoms with van der Waals surface area (Å²) in [4.78, 5) is 8.64. The Balaban J connectivity index is 0.00000288. The zero-order chi connectivity index (χ0) is 16.5. The van der Waals surface area contributed by atoms with Crippen LogP contribution in [0.5, 0.6) is 5.75 Å². The molecular formula is C16H22BrIN4OS. The van der Waals surface area contributed by atoms with E-state index in [4.69, 9.17) is 4.74 Å². The molecule has 2 aromatic rings. The van der Waals surface area contributed by atoms with Crippen LogP contribution in [-0.4, -0.2) is 37.7 Å². The third-order valence-corrected chi connectivity index (χ3v) is 4.34. The van der Waals surface area contributed by atoms with Crippen molar-refractivity contribution in [1.29, 1.82) is 0 Å². The van der Waals surface area contributed by atoms with Gasteiger partial charge < -0.3 is 15.4 Å². The average Bonchev–Trinajstić information content (AvgIpc) is 2.95. The fourth-order valence-electron chi connectivity index (χ4n) is 1.95. The number of rotatable bonds is 7. The molecular weight excluding hydrogens is 503 g/mol. The van der Waals surface area contributed by atoms with Crippen LogP contribution < -0.4 is 15.4 Å². The molecule has 5 nitrogen and oxygen atoms in total. The summed E-state index contributed by atoms with van der Waals surface area (Å²) in [6.45, 7) is 4.08. The van der Waals surface area contributed by atoms with Gasteiger partial charge in [0.05, 0.1) is 17.2 Å². The molecule has 0 amide bonds. The number of hydrogen-bond donors (Lipinski definition) is 2. The van der Waals surface area contributed by atoms with Crippen LogP contribution >= 0.6 is 51.2 Å². The van der Waals surface area contributed by atoms with E-state index in [9.17, 15) is 0 Å². The number of guanidine groups is 1. The van der Waals surface area contributed by atoms with E-state index in [2.05, 4.69) is 41.9 Å². The minimum absolute atomic E-state index is 0. The monoisotopic (exact) mass is 524 g/mol. The fraction of sp³-hybridized carbons (Fsp3) is 0.375. The highest BCUT2D eigenvalue weighted by Gasteiger charge is 2.01. The Morgan fingerprint density at radius 2 is 2.12 bits per heavy atom. The number of nitrogens with one attached hydrogen (secondary N) is 2. The van der Waals surface area contributed by atoms with Crippen molar-refractivity contribution in [3.05, 3.63) is 44.8 Å². The number of benzene rings is 1. The summed E-state index contributed by atoms with van der Waals surface area (Å²) >= 11 is 5.11. The standard InChI is InChI=1S/C16H21BrN4OS.HI/c1-12-21-14(11-23-12)6-7-19-16(18-2)20-8-9-22-15-5-3-4-13(17)10-15;/h3-5,10-11H,6-9H2,1-2H3,(H2,18,19,20);1H. The van der Waals surface area contributed by atoms with Crippen molar-refractivity contribution in [2.24, 2.45) is 4.99 Å². The number of aromatic nitrogens is 1. The number of thiazole rings is 1. The molecule has 0 atom stereocenters. The molecule has 1 aromatic carbocycles. The molecule has 0 aliphatic rings. The van der Waals surface area contributed by atoms with E-state index in [-0.39, 0.29) is 24.0 Å². The maximum absolute atomic E-state index is 5.67. The van der Waals surface area contributed by atoms with Gasteiger partial charge in [-0.2, -0.15) is 0 Å². The molecule has 0 aliphatic carbocycles. The second kappa shape index (κ2) is 11.6. The van der Waals surface area contributed by atoms with E-state index in [1.54, 1.807) is 18.4 Å². The van der Waals surface area contributed by atoms with Crippen LogP contribution in [-0.2, 0) is 6.42 Å². The highest BCUT2D eigenvalue weighted by atomic mass is 127. The third kappa shape index (κ3) is 7.80. The molecule has 0 saturated heterocycles. The summed E-state index contributed by atoms with van der Waals surface area (Å²) in [6, 6.07) is 7.81. The van der Waals surface area contributed by atoms with Crippen LogP contribution in [0.1, 0.15) is 10.7 Å². The van der Waals surface area contributed by atoms with E-state index in [1.807, 2.05) is 31.2 Å². The van der Waals surface area contributed by atoms with Crippen molar-refractivity contribution in [3.63, 3.8) is 0 Å². The van der Waals surface area contributed by atoms with Gasteiger partial charge in [0, 0.05) is 29.9 Å². The van der Waals surface area contributed by atoms with E-state index in [1.165, 1.54) is 0 Å². The minimum Gasteiger partial charge on any atom is -0.492 e. The third-order valence-electron chi connectivity index (χ3n) is 3.02. The second-order valence-electron chi connectivity index (χ2n) is 4.84. The summed E-state index contributed by atoms with van der Waals surface area (Å²) in [5.74, 6) is 1.62. The Morgan fingerprint density at radius 3 is 2.79 bits per heavy atom. The molecule has 1 aromatic heterocycles. The van der Waals surface area contributed by atoms with E-state index in [0.717, 1.165) is 39.8 Å². The van der Waals surface area contributed by atoms with Crippen molar-refractivity contribution < 1.29 is 4.74 Å². The molecule has 0 saturated carbocycles. The number of aliphatic imine (C=N–C) groups is 1. The van der Waals surface area contributed by atoms with Gasteiger partial charge in [-0.25, -0.2) is 4.98 Å². The van der Waals surface area contributed by atoms with Crippen molar-refractivity contribution in [3.8, 4) is 5.75 Å². The molecule has 2 rings (SSSR count). The normalized spacial score (nSPS) is 10.9. The van der Waals surface area contributed by atoms with E-state index >= 15 is 0 Å². The van der Waals surface area contributed by atoms with Crippen molar-refractivity contribution in [2.75, 3.05) is 26.7 Å². The van der Waals surface area contributed by atoms with E-state index < -0.39 is 0 Å². The van der Waals surface area contributed by atoms with Crippen LogP contribution in [0.15, 0.2) is 39.1 Å². The molecule has 8 heteroatoms. The predicted octanol–water partition coefficient (Wildman–Crippen LogP) is 3.62. The number of aryl methyl sites for hydroxylation is 1. The van der Waals surface area contributed by atoms with Crippen LogP contribution in [0, 0.1) is 6.92 Å². The fourth-order valence-corrected chi connectivity index (χ4v) is 2.97. The average molecular weight is 525 g/mol. The topological polar surface area (TPSA) is 58.5 Å². The lowest BCUT2D eigenvalue weighted by Gasteiger charge is -2.12. The molecule has 0 unspecified atom stereocenters. The number of hydrogen-bond acceptors (Lipinski definition) is 4. The molecule has 2 N–H and O–H groups in total. The molecule has 0 spiro atoms. The van der Waals surface area contributed by atoms with Crippen LogP contribution in [0.2, 0.25) is 0 Å². The highest BCUT2D eigenvalue weighted by Crippen LogP contribution is 2.17. The van der Waals surface area contributed by atoms with Gasteiger partial charge in [0.15, 0.2) is 5.96 Å². The van der Waals surface area contributed by atoms with Gasteiger partial charge in [-0.15, -0.1) is 35.3 Å². The van der Waals surface area contributed by atoms with Gasteiger partial charge in [0.2, 0.25) is 0 Å². The SMILES string of the molecule is CN=C(NCCOc1cccc(Br)c1)NCCc1csc(C)n1.I. The lowest BCUT2D eigenvalue weighted by atomic mass is 10.3. The zero-order valence-corrected chi connectivity index (χ0v) is 18.4. The summed E-state index contributed by atoms with van der Waals surface area (Å²) in [5.41, 5.74) is 1.12. The first-order chi connectivity index (χ1) is 11.2. The lowest BCUT2D eigenvalue weighted by Crippen LogP contribution is -2.40. The smallest absolute Gasteiger partial charge is 0.191 e. The molecule has 0 aliphatic heterocycles. The van der Waals surface area contributed by atoms with E-state index in [0.29, 0.717) is 13.2 Å². The quantitative estimate of drug-likeness (QED) is 0.251. The Hall–Kier alpha value is -0.870. The first kappa shape index (κ1) is 21.2. The number of halogens is 2. The molecule has 0 fully saturated rings. The number of nitrogens with zero attached hydrogens (tertiary/aromatic N) is 2. The molecule has 1 heterocycles. The van der Waals surface area contributed by atoms with Crippen LogP contribution in [0.4, 0.5) is 0 Å². The zero-order valence-electron chi connectivity index (χ0n) is 13.7. The first-order valence-corrected chi connectivity index (χ1v) is 9.08. The Kier molecular flexibility index (Phi) is 10.3. The molecule has 0 bridgehead atoms. The molecule has 132 valence electrons. The van der Waals surface area contributed by atoms with Crippen LogP contribution in [0.25, 0.3) is 0 Å². The molecule has 24 heavy (non-hydrogen) atoms. The maximum Gasteiger partial charge on any atom is 0.191 e. The van der Waals surface area contributed by atoms with Gasteiger partial charge in [0.25, 0.3) is 0 Å². The Labute approximate surface area is 172 Å². The summed E-state index contributed by atoms with van der Waals surface area (Å²) in [6.07, 6.45) is 0.888. The maximum atomic E-state index is 5.67. The van der Waals surface area contributed by atoms with Crippen molar-refractivity contribution in [1.82, 2.24) is 15.6 Å². The minimum atomic E-state index is 0. The second-order valence-corrected chi connectivity index (χ2v) is 6.82. The summed E-state index contributed by atoms with van der Waals surface area (Å²) in [7, 11) is 1.76. The lowest BCUT2D eigenvalue weighted by molar-refractivity contribution is 0.321. The Morgan fingerprint density at radius 1 is 1.33 bits per heavy atom. The first-order valence-electron chi connectivity index (χ1n) is 7.41. The van der Waals surface area contributed by atoms with Gasteiger partial charge in [0.1, 0.15) is 12.4 Å². The van der Waals surface area contributed by atoms with Gasteiger partial charge in [-0.3, -0.25) is 4.99 Å². The van der Waals surface area contributed by atoms with Crippen molar-refractivity contribution in [2.45, 2.75) is 13.3 Å². The summed E-state index contributed by atoms with van der Waals surface area (Å²) in [5, 5.41) is 9.71. The van der Waals surface area contributed by atoms with Gasteiger partial charge in [-0.1, -0.05) is 22.0 Å². The predicted molar refractivity (Wildman–Crippen MR) is 115 cm³/mol. The molecule has 0 radical (unpaired) electrons. The van der Waals surface area contributed by atoms with Gasteiger partial charge in [-0.05, 0) is 25.1 Å². The summed E-state index contributed by atoms with van der Waals surface area (Å²) < 4.78 is 6.69. The van der Waals surface area contributed by atoms with Gasteiger partial charge >= 0.3 is 0 Å². The Bertz CT molecular complexity index is 651. The largest absolute Gasteiger partial charge is 0.492 e. The highest BCUT2D eigenvalue weighted by molar-refractivity contribution is 14.0. The number of ether oxygens (including phenoxy) is 1.